The van der Waals surface area contributed by atoms with Crippen LogP contribution in [-0.2, 0) is 9.47 Å². The highest BCUT2D eigenvalue weighted by Gasteiger charge is 2.27. The molecule has 2 aliphatic rings. The number of hydrogen-bond acceptors (Lipinski definition) is 8. The number of aryl methyl sites for hydroxylation is 1. The second-order valence-corrected chi connectivity index (χ2v) is 8.83. The predicted molar refractivity (Wildman–Crippen MR) is 129 cm³/mol. The molecule has 5 rings (SSSR count). The fourth-order valence-corrected chi connectivity index (χ4v) is 4.59. The van der Waals surface area contributed by atoms with E-state index < -0.39 is 0 Å². The van der Waals surface area contributed by atoms with Gasteiger partial charge in [0.05, 0.1) is 56.7 Å². The number of nitrogens with zero attached hydrogens (tertiary/aromatic N) is 5. The van der Waals surface area contributed by atoms with E-state index >= 15 is 0 Å². The van der Waals surface area contributed by atoms with Crippen LogP contribution in [0, 0.1) is 6.92 Å². The Bertz CT molecular complexity index is 1150. The van der Waals surface area contributed by atoms with E-state index in [1.165, 1.54) is 0 Å². The van der Waals surface area contributed by atoms with Gasteiger partial charge in [-0.3, -0.25) is 0 Å². The van der Waals surface area contributed by atoms with Crippen LogP contribution in [-0.4, -0.2) is 73.7 Å². The van der Waals surface area contributed by atoms with E-state index in [-0.39, 0.29) is 12.1 Å². The fraction of sp³-hybridized carbons (Fsp3) is 0.480. The van der Waals surface area contributed by atoms with Gasteiger partial charge in [-0.1, -0.05) is 0 Å². The average Bonchev–Trinajstić information content (AvgIpc) is 2.83. The van der Waals surface area contributed by atoms with Crippen LogP contribution in [0.5, 0.6) is 5.75 Å². The lowest BCUT2D eigenvalue weighted by molar-refractivity contribution is 0.0973. The standard InChI is InChI=1S/C25H31N5O3/c1-16-13-19(5-8-22(16)31-4)21-7-6-20-23(26-21)27-25(30-10-12-33-15-18(30)3)28-24(20)29-9-11-32-14-17(29)2/h5-8,13,17-18H,9-12,14-15H2,1-4H3/t17-,18-/m0/s1. The van der Waals surface area contributed by atoms with Gasteiger partial charge in [-0.15, -0.1) is 0 Å². The lowest BCUT2D eigenvalue weighted by atomic mass is 10.1. The highest BCUT2D eigenvalue weighted by molar-refractivity contribution is 5.90. The first-order valence-corrected chi connectivity index (χ1v) is 11.6. The lowest BCUT2D eigenvalue weighted by Crippen LogP contribution is -2.46. The van der Waals surface area contributed by atoms with Crippen molar-refractivity contribution in [2.75, 3.05) is 56.4 Å². The Kier molecular flexibility index (Phi) is 6.03. The largest absolute Gasteiger partial charge is 0.496 e. The molecular weight excluding hydrogens is 418 g/mol. The van der Waals surface area contributed by atoms with Gasteiger partial charge < -0.3 is 24.0 Å². The summed E-state index contributed by atoms with van der Waals surface area (Å²) >= 11 is 0. The number of ether oxygens (including phenoxy) is 3. The van der Waals surface area contributed by atoms with Crippen molar-refractivity contribution < 1.29 is 14.2 Å². The third-order valence-corrected chi connectivity index (χ3v) is 6.48. The Morgan fingerprint density at radius 2 is 1.64 bits per heavy atom. The van der Waals surface area contributed by atoms with Gasteiger partial charge in [0.1, 0.15) is 11.6 Å². The number of anilines is 2. The van der Waals surface area contributed by atoms with Crippen LogP contribution < -0.4 is 14.5 Å². The van der Waals surface area contributed by atoms with Crippen molar-refractivity contribution in [2.45, 2.75) is 32.9 Å². The maximum Gasteiger partial charge on any atom is 0.229 e. The minimum Gasteiger partial charge on any atom is -0.496 e. The first-order chi connectivity index (χ1) is 16.0. The fourth-order valence-electron chi connectivity index (χ4n) is 4.59. The summed E-state index contributed by atoms with van der Waals surface area (Å²) in [4.78, 5) is 19.5. The Morgan fingerprint density at radius 3 is 2.30 bits per heavy atom. The van der Waals surface area contributed by atoms with Gasteiger partial charge in [0.15, 0.2) is 5.65 Å². The molecule has 0 unspecified atom stereocenters. The van der Waals surface area contributed by atoms with Crippen molar-refractivity contribution in [3.05, 3.63) is 35.9 Å². The zero-order chi connectivity index (χ0) is 22.9. The Hall–Kier alpha value is -2.97. The molecule has 0 radical (unpaired) electrons. The summed E-state index contributed by atoms with van der Waals surface area (Å²) in [6, 6.07) is 10.7. The molecule has 2 atom stereocenters. The molecule has 4 heterocycles. The molecular formula is C25H31N5O3. The Labute approximate surface area is 194 Å². The van der Waals surface area contributed by atoms with Crippen LogP contribution >= 0.6 is 0 Å². The van der Waals surface area contributed by atoms with Gasteiger partial charge in [0.25, 0.3) is 0 Å². The third kappa shape index (κ3) is 4.20. The molecule has 2 aliphatic heterocycles. The Balaban J connectivity index is 1.64. The molecule has 8 nitrogen and oxygen atoms in total. The van der Waals surface area contributed by atoms with Crippen LogP contribution in [0.1, 0.15) is 19.4 Å². The van der Waals surface area contributed by atoms with Gasteiger partial charge in [-0.25, -0.2) is 4.98 Å². The number of pyridine rings is 1. The van der Waals surface area contributed by atoms with Crippen LogP contribution in [0.2, 0.25) is 0 Å². The Morgan fingerprint density at radius 1 is 0.909 bits per heavy atom. The summed E-state index contributed by atoms with van der Waals surface area (Å²) in [5.74, 6) is 2.51. The van der Waals surface area contributed by atoms with E-state index in [9.17, 15) is 0 Å². The van der Waals surface area contributed by atoms with Crippen LogP contribution in [0.25, 0.3) is 22.3 Å². The van der Waals surface area contributed by atoms with Crippen molar-refractivity contribution in [3.63, 3.8) is 0 Å². The quantitative estimate of drug-likeness (QED) is 0.600. The molecule has 0 N–H and O–H groups in total. The van der Waals surface area contributed by atoms with Gasteiger partial charge in [0, 0.05) is 18.7 Å². The molecule has 3 aromatic rings. The normalized spacial score (nSPS) is 21.5. The topological polar surface area (TPSA) is 72.8 Å². The molecule has 2 aromatic heterocycles. The van der Waals surface area contributed by atoms with E-state index in [2.05, 4.69) is 41.8 Å². The monoisotopic (exact) mass is 449 g/mol. The highest BCUT2D eigenvalue weighted by Crippen LogP contribution is 2.32. The molecule has 0 amide bonds. The second kappa shape index (κ2) is 9.11. The lowest BCUT2D eigenvalue weighted by Gasteiger charge is -2.37. The molecule has 0 spiro atoms. The second-order valence-electron chi connectivity index (χ2n) is 8.83. The number of aromatic nitrogens is 3. The maximum atomic E-state index is 5.68. The minimum atomic E-state index is 0.207. The van der Waals surface area contributed by atoms with E-state index in [1.54, 1.807) is 7.11 Å². The number of fused-ring (bicyclic) bond motifs is 1. The first kappa shape index (κ1) is 21.9. The van der Waals surface area contributed by atoms with Gasteiger partial charge in [0.2, 0.25) is 5.95 Å². The van der Waals surface area contributed by atoms with E-state index in [4.69, 9.17) is 29.2 Å². The number of methoxy groups -OCH3 is 1. The van der Waals surface area contributed by atoms with Crippen molar-refractivity contribution >= 4 is 22.8 Å². The van der Waals surface area contributed by atoms with Gasteiger partial charge >= 0.3 is 0 Å². The van der Waals surface area contributed by atoms with Crippen molar-refractivity contribution in [1.29, 1.82) is 0 Å². The summed E-state index contributed by atoms with van der Waals surface area (Å²) in [7, 11) is 1.69. The molecule has 33 heavy (non-hydrogen) atoms. The summed E-state index contributed by atoms with van der Waals surface area (Å²) in [5.41, 5.74) is 3.70. The molecule has 2 fully saturated rings. The molecule has 174 valence electrons. The molecule has 8 heteroatoms. The van der Waals surface area contributed by atoms with Crippen LogP contribution in [0.3, 0.4) is 0 Å². The van der Waals surface area contributed by atoms with Crippen molar-refractivity contribution in [1.82, 2.24) is 15.0 Å². The SMILES string of the molecule is COc1ccc(-c2ccc3c(N4CCOC[C@@H]4C)nc(N4CCOC[C@@H]4C)nc3n2)cc1C. The highest BCUT2D eigenvalue weighted by atomic mass is 16.5. The number of rotatable bonds is 4. The van der Waals surface area contributed by atoms with Crippen molar-refractivity contribution in [3.8, 4) is 17.0 Å². The first-order valence-electron chi connectivity index (χ1n) is 11.6. The van der Waals surface area contributed by atoms with Crippen LogP contribution in [0.4, 0.5) is 11.8 Å². The molecule has 1 aromatic carbocycles. The molecule has 2 saturated heterocycles. The molecule has 0 saturated carbocycles. The van der Waals surface area contributed by atoms with Gasteiger partial charge in [-0.2, -0.15) is 9.97 Å². The van der Waals surface area contributed by atoms with Crippen LogP contribution in [0.15, 0.2) is 30.3 Å². The zero-order valence-electron chi connectivity index (χ0n) is 19.7. The predicted octanol–water partition coefficient (Wildman–Crippen LogP) is 3.46. The number of benzene rings is 1. The molecule has 0 aliphatic carbocycles. The smallest absolute Gasteiger partial charge is 0.229 e. The summed E-state index contributed by atoms with van der Waals surface area (Å²) in [6.07, 6.45) is 0. The summed E-state index contributed by atoms with van der Waals surface area (Å²) in [6.45, 7) is 10.6. The minimum absolute atomic E-state index is 0.207. The van der Waals surface area contributed by atoms with E-state index in [0.717, 1.165) is 46.9 Å². The van der Waals surface area contributed by atoms with Gasteiger partial charge in [-0.05, 0) is 56.7 Å². The van der Waals surface area contributed by atoms with Crippen molar-refractivity contribution in [2.24, 2.45) is 0 Å². The zero-order valence-corrected chi connectivity index (χ0v) is 19.7. The van der Waals surface area contributed by atoms with E-state index in [0.29, 0.717) is 38.0 Å². The maximum absolute atomic E-state index is 5.68. The summed E-state index contributed by atoms with van der Waals surface area (Å²) < 4.78 is 16.7. The van der Waals surface area contributed by atoms with E-state index in [1.807, 2.05) is 19.1 Å². The summed E-state index contributed by atoms with van der Waals surface area (Å²) in [5, 5.41) is 0.961. The average molecular weight is 450 g/mol. The molecule has 0 bridgehead atoms. The third-order valence-electron chi connectivity index (χ3n) is 6.48. The number of hydrogen-bond donors (Lipinski definition) is 0. The number of morpholine rings is 2.